The average Bonchev–Trinajstić information content (AvgIpc) is 3.09. The lowest BCUT2D eigenvalue weighted by atomic mass is 9.79. The summed E-state index contributed by atoms with van der Waals surface area (Å²) >= 11 is 7.15. The van der Waals surface area contributed by atoms with Crippen LogP contribution >= 0.6 is 22.9 Å². The molecule has 132 valence electrons. The maximum atomic E-state index is 12.6. The first-order chi connectivity index (χ1) is 12.1. The fourth-order valence-electron chi connectivity index (χ4n) is 3.79. The Labute approximate surface area is 156 Å². The molecule has 0 aromatic carbocycles. The largest absolute Gasteiger partial charge is 0.428 e. The molecule has 5 nitrogen and oxygen atoms in total. The molecule has 5 rings (SSSR count). The SMILES string of the molecule is C[C@@H]1[C@H](NC(=O)c2ccc(Oc3ccc(Cl)cn3)s2)C2CCN1CC2. The molecule has 2 aromatic heterocycles. The van der Waals surface area contributed by atoms with E-state index in [9.17, 15) is 4.79 Å². The minimum atomic E-state index is -0.0190. The summed E-state index contributed by atoms with van der Waals surface area (Å²) in [6, 6.07) is 7.67. The van der Waals surface area contributed by atoms with Crippen LogP contribution < -0.4 is 10.1 Å². The van der Waals surface area contributed by atoms with Gasteiger partial charge in [0, 0.05) is 24.3 Å². The van der Waals surface area contributed by atoms with Gasteiger partial charge in [-0.3, -0.25) is 9.69 Å². The molecule has 2 aromatic rings. The Balaban J connectivity index is 1.41. The lowest BCUT2D eigenvalue weighted by molar-refractivity contribution is 0.0218. The molecule has 3 aliphatic heterocycles. The molecule has 2 bridgehead atoms. The number of hydrogen-bond acceptors (Lipinski definition) is 5. The number of carbonyl (C=O) groups excluding carboxylic acids is 1. The topological polar surface area (TPSA) is 54.5 Å². The van der Waals surface area contributed by atoms with Crippen LogP contribution in [0.1, 0.15) is 29.4 Å². The minimum absolute atomic E-state index is 0.0190. The summed E-state index contributed by atoms with van der Waals surface area (Å²) in [6.07, 6.45) is 3.89. The molecule has 5 heterocycles. The summed E-state index contributed by atoms with van der Waals surface area (Å²) in [4.78, 5) is 19.9. The van der Waals surface area contributed by atoms with E-state index in [1.165, 1.54) is 30.4 Å². The second-order valence-electron chi connectivity index (χ2n) is 6.65. The Bertz CT molecular complexity index is 754. The number of ether oxygens (including phenoxy) is 1. The van der Waals surface area contributed by atoms with E-state index >= 15 is 0 Å². The summed E-state index contributed by atoms with van der Waals surface area (Å²) < 4.78 is 5.69. The minimum Gasteiger partial charge on any atom is -0.428 e. The number of aromatic nitrogens is 1. The molecule has 0 spiro atoms. The van der Waals surface area contributed by atoms with Gasteiger partial charge in [0.2, 0.25) is 5.88 Å². The van der Waals surface area contributed by atoms with Gasteiger partial charge in [0.1, 0.15) is 0 Å². The van der Waals surface area contributed by atoms with Crippen molar-refractivity contribution in [1.82, 2.24) is 15.2 Å². The highest BCUT2D eigenvalue weighted by Gasteiger charge is 2.40. The number of carbonyl (C=O) groups is 1. The molecular formula is C18H20ClN3O2S. The third kappa shape index (κ3) is 3.52. The maximum absolute atomic E-state index is 12.6. The van der Waals surface area contributed by atoms with Gasteiger partial charge < -0.3 is 10.1 Å². The smallest absolute Gasteiger partial charge is 0.261 e. The van der Waals surface area contributed by atoms with Crippen LogP contribution in [0.15, 0.2) is 30.5 Å². The first-order valence-electron chi connectivity index (χ1n) is 8.54. The van der Waals surface area contributed by atoms with E-state index in [0.29, 0.717) is 32.8 Å². The van der Waals surface area contributed by atoms with E-state index in [-0.39, 0.29) is 11.9 Å². The number of thiophene rings is 1. The first-order valence-corrected chi connectivity index (χ1v) is 9.74. The van der Waals surface area contributed by atoms with Gasteiger partial charge in [0.25, 0.3) is 5.91 Å². The number of rotatable bonds is 4. The molecule has 1 N–H and O–H groups in total. The number of fused-ring (bicyclic) bond motifs is 3. The normalized spacial score (nSPS) is 27.9. The van der Waals surface area contributed by atoms with Crippen molar-refractivity contribution in [3.63, 3.8) is 0 Å². The molecule has 2 atom stereocenters. The van der Waals surface area contributed by atoms with Crippen LogP contribution in [0.3, 0.4) is 0 Å². The van der Waals surface area contributed by atoms with Crippen molar-refractivity contribution in [2.24, 2.45) is 5.92 Å². The van der Waals surface area contributed by atoms with E-state index in [0.717, 1.165) is 13.1 Å². The van der Waals surface area contributed by atoms with Gasteiger partial charge >= 0.3 is 0 Å². The molecule has 25 heavy (non-hydrogen) atoms. The van der Waals surface area contributed by atoms with Crippen molar-refractivity contribution in [1.29, 1.82) is 0 Å². The van der Waals surface area contributed by atoms with Crippen molar-refractivity contribution < 1.29 is 9.53 Å². The summed E-state index contributed by atoms with van der Waals surface area (Å²) in [5, 5.41) is 4.44. The Hall–Kier alpha value is -1.63. The number of halogens is 1. The van der Waals surface area contributed by atoms with Crippen LogP contribution in [-0.2, 0) is 0 Å². The molecule has 3 fully saturated rings. The fraction of sp³-hybridized carbons (Fsp3) is 0.444. The summed E-state index contributed by atoms with van der Waals surface area (Å²) in [7, 11) is 0. The zero-order chi connectivity index (χ0) is 17.4. The van der Waals surface area contributed by atoms with Crippen molar-refractivity contribution in [2.75, 3.05) is 13.1 Å². The monoisotopic (exact) mass is 377 g/mol. The van der Waals surface area contributed by atoms with Crippen LogP contribution in [0.5, 0.6) is 10.9 Å². The summed E-state index contributed by atoms with van der Waals surface area (Å²) in [6.45, 7) is 4.53. The van der Waals surface area contributed by atoms with Crippen LogP contribution in [0.25, 0.3) is 0 Å². The van der Waals surface area contributed by atoms with E-state index in [1.54, 1.807) is 24.3 Å². The van der Waals surface area contributed by atoms with E-state index < -0.39 is 0 Å². The van der Waals surface area contributed by atoms with Gasteiger partial charge in [-0.25, -0.2) is 4.98 Å². The highest BCUT2D eigenvalue weighted by Crippen LogP contribution is 2.33. The van der Waals surface area contributed by atoms with Gasteiger partial charge in [0.15, 0.2) is 5.06 Å². The third-order valence-electron chi connectivity index (χ3n) is 5.19. The van der Waals surface area contributed by atoms with E-state index in [1.807, 2.05) is 0 Å². The second kappa shape index (κ2) is 6.94. The number of nitrogens with one attached hydrogen (secondary N) is 1. The number of pyridine rings is 1. The number of amides is 1. The van der Waals surface area contributed by atoms with Crippen molar-refractivity contribution in [3.05, 3.63) is 40.4 Å². The van der Waals surface area contributed by atoms with Crippen molar-refractivity contribution in [2.45, 2.75) is 31.8 Å². The van der Waals surface area contributed by atoms with E-state index in [2.05, 4.69) is 22.1 Å². The molecule has 1 amide bonds. The highest BCUT2D eigenvalue weighted by molar-refractivity contribution is 7.15. The number of hydrogen-bond donors (Lipinski definition) is 1. The Kier molecular flexibility index (Phi) is 4.67. The predicted molar refractivity (Wildman–Crippen MR) is 98.7 cm³/mol. The predicted octanol–water partition coefficient (Wildman–Crippen LogP) is 3.80. The molecular weight excluding hydrogens is 358 g/mol. The number of nitrogens with zero attached hydrogens (tertiary/aromatic N) is 2. The third-order valence-corrected chi connectivity index (χ3v) is 6.37. The Morgan fingerprint density at radius 2 is 2.12 bits per heavy atom. The zero-order valence-corrected chi connectivity index (χ0v) is 15.5. The quantitative estimate of drug-likeness (QED) is 0.880. The lowest BCUT2D eigenvalue weighted by Gasteiger charge is -2.49. The van der Waals surface area contributed by atoms with Crippen LogP contribution in [-0.4, -0.2) is 41.0 Å². The molecule has 3 saturated heterocycles. The van der Waals surface area contributed by atoms with E-state index in [4.69, 9.17) is 16.3 Å². The van der Waals surface area contributed by atoms with Gasteiger partial charge in [-0.15, -0.1) is 0 Å². The van der Waals surface area contributed by atoms with Crippen LogP contribution in [0, 0.1) is 5.92 Å². The van der Waals surface area contributed by atoms with Crippen molar-refractivity contribution in [3.8, 4) is 10.9 Å². The maximum Gasteiger partial charge on any atom is 0.261 e. The number of piperidine rings is 3. The lowest BCUT2D eigenvalue weighted by Crippen LogP contribution is -2.62. The standard InChI is InChI=1S/C18H20ClN3O2S/c1-11-17(12-6-8-22(11)9-7-12)21-18(23)14-3-5-16(25-14)24-15-4-2-13(19)10-20-15/h2-5,10-12,17H,6-9H2,1H3,(H,21,23)/t11-,17+/m1/s1. The van der Waals surface area contributed by atoms with Gasteiger partial charge in [-0.1, -0.05) is 22.9 Å². The molecule has 7 heteroatoms. The zero-order valence-electron chi connectivity index (χ0n) is 13.9. The van der Waals surface area contributed by atoms with Gasteiger partial charge in [-0.2, -0.15) is 0 Å². The van der Waals surface area contributed by atoms with Gasteiger partial charge in [0.05, 0.1) is 9.90 Å². The summed E-state index contributed by atoms with van der Waals surface area (Å²) in [5.74, 6) is 1.04. The Morgan fingerprint density at radius 3 is 2.80 bits per heavy atom. The van der Waals surface area contributed by atoms with Crippen LogP contribution in [0.2, 0.25) is 5.02 Å². The van der Waals surface area contributed by atoms with Gasteiger partial charge in [-0.05, 0) is 57.0 Å². The summed E-state index contributed by atoms with van der Waals surface area (Å²) in [5.41, 5.74) is 0. The first kappa shape index (κ1) is 16.8. The fourth-order valence-corrected chi connectivity index (χ4v) is 4.67. The molecule has 0 radical (unpaired) electrons. The molecule has 0 saturated carbocycles. The Morgan fingerprint density at radius 1 is 1.32 bits per heavy atom. The molecule has 0 aliphatic carbocycles. The second-order valence-corrected chi connectivity index (χ2v) is 8.13. The van der Waals surface area contributed by atoms with Crippen molar-refractivity contribution >= 4 is 28.8 Å². The average molecular weight is 378 g/mol. The highest BCUT2D eigenvalue weighted by atomic mass is 35.5. The molecule has 0 unspecified atom stereocenters. The van der Waals surface area contributed by atoms with Crippen LogP contribution in [0.4, 0.5) is 0 Å². The molecule has 3 aliphatic rings.